The number of carbonyl (C=O) groups excluding carboxylic acids is 1. The molecule has 4 nitrogen and oxygen atoms in total. The van der Waals surface area contributed by atoms with Crippen molar-refractivity contribution in [2.45, 2.75) is 33.1 Å². The van der Waals surface area contributed by atoms with Crippen LogP contribution in [0.4, 0.5) is 0 Å². The molecule has 0 radical (unpaired) electrons. The van der Waals surface area contributed by atoms with Crippen molar-refractivity contribution in [3.63, 3.8) is 0 Å². The lowest BCUT2D eigenvalue weighted by Gasteiger charge is -2.14. The zero-order valence-electron chi connectivity index (χ0n) is 9.32. The van der Waals surface area contributed by atoms with Crippen molar-refractivity contribution in [2.75, 3.05) is 6.54 Å². The Balaban J connectivity index is 2.68. The van der Waals surface area contributed by atoms with Crippen molar-refractivity contribution in [1.29, 1.82) is 0 Å². The van der Waals surface area contributed by atoms with Crippen LogP contribution in [0.25, 0.3) is 0 Å². The van der Waals surface area contributed by atoms with Crippen LogP contribution >= 0.6 is 0 Å². The Hall–Kier alpha value is -1.06. The van der Waals surface area contributed by atoms with Crippen molar-refractivity contribution >= 4 is 11.9 Å². The second-order valence-electron chi connectivity index (χ2n) is 4.19. The predicted octanol–water partition coefficient (Wildman–Crippen LogP) is 1.26. The normalized spacial score (nSPS) is 30.1. The van der Waals surface area contributed by atoms with Crippen LogP contribution in [0.5, 0.6) is 0 Å². The van der Waals surface area contributed by atoms with Crippen molar-refractivity contribution in [1.82, 2.24) is 5.32 Å². The molecule has 86 valence electrons. The van der Waals surface area contributed by atoms with Crippen LogP contribution in [0.3, 0.4) is 0 Å². The monoisotopic (exact) mass is 213 g/mol. The highest BCUT2D eigenvalue weighted by atomic mass is 16.4. The Morgan fingerprint density at radius 1 is 1.27 bits per heavy atom. The fraction of sp³-hybridized carbons (Fsp3) is 0.818. The fourth-order valence-electron chi connectivity index (χ4n) is 2.34. The Bertz CT molecular complexity index is 252. The largest absolute Gasteiger partial charge is 0.481 e. The summed E-state index contributed by atoms with van der Waals surface area (Å²) in [6, 6.07) is 0. The Morgan fingerprint density at radius 2 is 1.87 bits per heavy atom. The van der Waals surface area contributed by atoms with Crippen LogP contribution in [0.15, 0.2) is 0 Å². The van der Waals surface area contributed by atoms with Gasteiger partial charge in [0.25, 0.3) is 0 Å². The molecule has 1 amide bonds. The number of rotatable bonds is 4. The molecule has 1 unspecified atom stereocenters. The van der Waals surface area contributed by atoms with Crippen molar-refractivity contribution in [2.24, 2.45) is 17.8 Å². The molecule has 15 heavy (non-hydrogen) atoms. The van der Waals surface area contributed by atoms with Crippen LogP contribution in [-0.4, -0.2) is 23.5 Å². The van der Waals surface area contributed by atoms with Crippen LogP contribution in [-0.2, 0) is 9.59 Å². The van der Waals surface area contributed by atoms with Gasteiger partial charge in [0.1, 0.15) is 0 Å². The fourth-order valence-corrected chi connectivity index (χ4v) is 2.34. The van der Waals surface area contributed by atoms with Gasteiger partial charge in [-0.3, -0.25) is 9.59 Å². The summed E-state index contributed by atoms with van der Waals surface area (Å²) < 4.78 is 0. The van der Waals surface area contributed by atoms with Crippen molar-refractivity contribution < 1.29 is 14.7 Å². The van der Waals surface area contributed by atoms with E-state index in [1.807, 2.05) is 13.8 Å². The molecule has 3 atom stereocenters. The number of hydrogen-bond acceptors (Lipinski definition) is 2. The van der Waals surface area contributed by atoms with E-state index < -0.39 is 11.9 Å². The molecule has 1 fully saturated rings. The number of carbonyl (C=O) groups is 2. The standard InChI is InChI=1S/C11H19NO3/c1-3-7-5-8(10(13)12-4-2)9(6-7)11(14)15/h7-9H,3-6H2,1-2H3,(H,12,13)(H,14,15)/t7?,8-,9+/m0/s1. The lowest BCUT2D eigenvalue weighted by Crippen LogP contribution is -2.35. The number of carboxylic acid groups (broad SMARTS) is 1. The van der Waals surface area contributed by atoms with Crippen molar-refractivity contribution in [3.8, 4) is 0 Å². The highest BCUT2D eigenvalue weighted by molar-refractivity contribution is 5.85. The summed E-state index contributed by atoms with van der Waals surface area (Å²) in [5.41, 5.74) is 0. The van der Waals surface area contributed by atoms with Crippen LogP contribution < -0.4 is 5.32 Å². The lowest BCUT2D eigenvalue weighted by atomic mass is 9.95. The smallest absolute Gasteiger partial charge is 0.307 e. The molecule has 1 saturated carbocycles. The summed E-state index contributed by atoms with van der Waals surface area (Å²) in [6.45, 7) is 4.46. The van der Waals surface area contributed by atoms with Gasteiger partial charge in [-0.15, -0.1) is 0 Å². The summed E-state index contributed by atoms with van der Waals surface area (Å²) in [4.78, 5) is 22.6. The average molecular weight is 213 g/mol. The molecule has 0 bridgehead atoms. The molecule has 0 aromatic carbocycles. The maximum absolute atomic E-state index is 11.6. The van der Waals surface area contributed by atoms with Gasteiger partial charge in [-0.05, 0) is 25.7 Å². The molecule has 0 saturated heterocycles. The third-order valence-electron chi connectivity index (χ3n) is 3.24. The van der Waals surface area contributed by atoms with Gasteiger partial charge < -0.3 is 10.4 Å². The predicted molar refractivity (Wildman–Crippen MR) is 56.3 cm³/mol. The number of carboxylic acids is 1. The van der Waals surface area contributed by atoms with Crippen LogP contribution in [0.1, 0.15) is 33.1 Å². The summed E-state index contributed by atoms with van der Waals surface area (Å²) in [5.74, 6) is -1.35. The van der Waals surface area contributed by atoms with Gasteiger partial charge in [0, 0.05) is 6.54 Å². The zero-order chi connectivity index (χ0) is 11.4. The van der Waals surface area contributed by atoms with E-state index in [4.69, 9.17) is 5.11 Å². The molecular formula is C11H19NO3. The minimum absolute atomic E-state index is 0.0964. The summed E-state index contributed by atoms with van der Waals surface area (Å²) >= 11 is 0. The van der Waals surface area contributed by atoms with Gasteiger partial charge in [0.05, 0.1) is 11.8 Å². The van der Waals surface area contributed by atoms with Gasteiger partial charge in [-0.25, -0.2) is 0 Å². The molecule has 2 N–H and O–H groups in total. The SMILES string of the molecule is CCNC(=O)[C@H]1CC(CC)C[C@H]1C(=O)O. The Labute approximate surface area is 90.0 Å². The van der Waals surface area contributed by atoms with E-state index >= 15 is 0 Å². The van der Waals surface area contributed by atoms with Gasteiger partial charge in [0.15, 0.2) is 0 Å². The Kier molecular flexibility index (Phi) is 4.12. The van der Waals surface area contributed by atoms with Gasteiger partial charge >= 0.3 is 5.97 Å². The van der Waals surface area contributed by atoms with Crippen molar-refractivity contribution in [3.05, 3.63) is 0 Å². The first-order valence-electron chi connectivity index (χ1n) is 5.60. The molecule has 4 heteroatoms. The quantitative estimate of drug-likeness (QED) is 0.738. The highest BCUT2D eigenvalue weighted by Crippen LogP contribution is 2.38. The molecule has 0 aromatic rings. The van der Waals surface area contributed by atoms with E-state index in [9.17, 15) is 9.59 Å². The molecule has 0 spiro atoms. The van der Waals surface area contributed by atoms with Gasteiger partial charge in [0.2, 0.25) is 5.91 Å². The molecule has 1 rings (SSSR count). The topological polar surface area (TPSA) is 66.4 Å². The average Bonchev–Trinajstić information content (AvgIpc) is 2.61. The molecule has 0 aliphatic heterocycles. The summed E-state index contributed by atoms with van der Waals surface area (Å²) in [6.07, 6.45) is 2.33. The zero-order valence-corrected chi connectivity index (χ0v) is 9.32. The van der Waals surface area contributed by atoms with Gasteiger partial charge in [-0.2, -0.15) is 0 Å². The van der Waals surface area contributed by atoms with Crippen LogP contribution in [0.2, 0.25) is 0 Å². The van der Waals surface area contributed by atoms with E-state index in [1.54, 1.807) is 0 Å². The number of amides is 1. The minimum Gasteiger partial charge on any atom is -0.481 e. The van der Waals surface area contributed by atoms with E-state index in [-0.39, 0.29) is 11.8 Å². The highest BCUT2D eigenvalue weighted by Gasteiger charge is 2.41. The number of nitrogens with one attached hydrogen (secondary N) is 1. The molecule has 0 heterocycles. The van der Waals surface area contributed by atoms with E-state index in [0.717, 1.165) is 12.8 Å². The van der Waals surface area contributed by atoms with Crippen LogP contribution in [0, 0.1) is 17.8 Å². The first-order valence-corrected chi connectivity index (χ1v) is 5.60. The second kappa shape index (κ2) is 5.14. The van der Waals surface area contributed by atoms with Gasteiger partial charge in [-0.1, -0.05) is 13.3 Å². The third kappa shape index (κ3) is 2.70. The molecular weight excluding hydrogens is 194 g/mol. The third-order valence-corrected chi connectivity index (χ3v) is 3.24. The maximum Gasteiger partial charge on any atom is 0.307 e. The minimum atomic E-state index is -0.831. The maximum atomic E-state index is 11.6. The molecule has 1 aliphatic rings. The second-order valence-corrected chi connectivity index (χ2v) is 4.19. The van der Waals surface area contributed by atoms with E-state index in [1.165, 1.54) is 0 Å². The summed E-state index contributed by atoms with van der Waals surface area (Å²) in [7, 11) is 0. The first-order chi connectivity index (χ1) is 7.10. The Morgan fingerprint density at radius 3 is 2.33 bits per heavy atom. The molecule has 0 aromatic heterocycles. The van der Waals surface area contributed by atoms with E-state index in [2.05, 4.69) is 5.32 Å². The summed E-state index contributed by atoms with van der Waals surface area (Å²) in [5, 5.41) is 11.7. The van der Waals surface area contributed by atoms with E-state index in [0.29, 0.717) is 18.9 Å². The first kappa shape index (κ1) is 12.0. The number of aliphatic carboxylic acids is 1. The number of hydrogen-bond donors (Lipinski definition) is 2. The molecule has 1 aliphatic carbocycles. The lowest BCUT2D eigenvalue weighted by molar-refractivity contribution is -0.146.